The van der Waals surface area contributed by atoms with E-state index in [9.17, 15) is 32.7 Å². The highest BCUT2D eigenvalue weighted by Gasteiger charge is 2.30. The molecule has 3 N–H and O–H groups in total. The SMILES string of the molecule is O=C(N[C@@H](CSCc1ccccc1)C(=O)O)/C(=C\c1ccc(OCc2ccccc2)cc1)NC(=O)c1ccc(C(F)(F)F)cc1. The third-order valence-electron chi connectivity index (χ3n) is 6.41. The van der Waals surface area contributed by atoms with Crippen LogP contribution in [-0.2, 0) is 28.1 Å². The summed E-state index contributed by atoms with van der Waals surface area (Å²) in [6.45, 7) is 0.339. The second kappa shape index (κ2) is 15.6. The van der Waals surface area contributed by atoms with Gasteiger partial charge in [-0.25, -0.2) is 4.79 Å². The maximum Gasteiger partial charge on any atom is 0.416 e. The van der Waals surface area contributed by atoms with Crippen LogP contribution in [0.5, 0.6) is 5.75 Å². The summed E-state index contributed by atoms with van der Waals surface area (Å²) in [6, 6.07) is 27.8. The number of carboxylic acid groups (broad SMARTS) is 1. The first kappa shape index (κ1) is 32.9. The Morgan fingerprint density at radius 1 is 0.822 bits per heavy atom. The van der Waals surface area contributed by atoms with E-state index in [1.54, 1.807) is 24.3 Å². The van der Waals surface area contributed by atoms with Gasteiger partial charge in [-0.15, -0.1) is 0 Å². The lowest BCUT2D eigenvalue weighted by Crippen LogP contribution is -2.45. The van der Waals surface area contributed by atoms with Crippen LogP contribution in [0.2, 0.25) is 0 Å². The molecule has 1 atom stereocenters. The van der Waals surface area contributed by atoms with E-state index in [2.05, 4.69) is 10.6 Å². The van der Waals surface area contributed by atoms with Crippen molar-refractivity contribution in [2.75, 3.05) is 5.75 Å². The Labute approximate surface area is 262 Å². The fraction of sp³-hybridized carbons (Fsp3) is 0.147. The van der Waals surface area contributed by atoms with Gasteiger partial charge in [-0.2, -0.15) is 24.9 Å². The molecule has 0 aliphatic carbocycles. The third-order valence-corrected chi connectivity index (χ3v) is 7.51. The van der Waals surface area contributed by atoms with Crippen molar-refractivity contribution < 1.29 is 37.4 Å². The lowest BCUT2D eigenvalue weighted by Gasteiger charge is -2.17. The Bertz CT molecular complexity index is 1610. The minimum Gasteiger partial charge on any atom is -0.489 e. The largest absolute Gasteiger partial charge is 0.489 e. The van der Waals surface area contributed by atoms with E-state index in [-0.39, 0.29) is 17.0 Å². The second-order valence-electron chi connectivity index (χ2n) is 9.80. The number of aliphatic carboxylic acids is 1. The van der Waals surface area contributed by atoms with Crippen molar-refractivity contribution in [2.24, 2.45) is 0 Å². The number of alkyl halides is 3. The van der Waals surface area contributed by atoms with Crippen molar-refractivity contribution >= 4 is 35.6 Å². The van der Waals surface area contributed by atoms with Gasteiger partial charge in [-0.1, -0.05) is 72.8 Å². The highest BCUT2D eigenvalue weighted by Crippen LogP contribution is 2.29. The minimum absolute atomic E-state index is 0.0452. The van der Waals surface area contributed by atoms with Gasteiger partial charge in [-0.05, 0) is 59.2 Å². The Hall–Kier alpha value is -5.03. The molecule has 0 saturated carbocycles. The zero-order valence-corrected chi connectivity index (χ0v) is 24.6. The first-order valence-electron chi connectivity index (χ1n) is 13.7. The highest BCUT2D eigenvalue weighted by atomic mass is 32.2. The maximum absolute atomic E-state index is 13.3. The lowest BCUT2D eigenvalue weighted by molar-refractivity contribution is -0.140. The summed E-state index contributed by atoms with van der Waals surface area (Å²) in [6.07, 6.45) is -3.24. The van der Waals surface area contributed by atoms with Crippen molar-refractivity contribution in [1.29, 1.82) is 0 Å². The van der Waals surface area contributed by atoms with Crippen LogP contribution >= 0.6 is 11.8 Å². The van der Waals surface area contributed by atoms with Crippen LogP contribution in [0.1, 0.15) is 32.6 Å². The zero-order chi connectivity index (χ0) is 32.2. The number of nitrogens with one attached hydrogen (secondary N) is 2. The van der Waals surface area contributed by atoms with Crippen LogP contribution in [0, 0.1) is 0 Å². The molecule has 45 heavy (non-hydrogen) atoms. The fourth-order valence-corrected chi connectivity index (χ4v) is 5.02. The average Bonchev–Trinajstić information content (AvgIpc) is 3.04. The number of hydrogen-bond donors (Lipinski definition) is 3. The number of carboxylic acids is 1. The quantitative estimate of drug-likeness (QED) is 0.144. The molecule has 4 aromatic carbocycles. The van der Waals surface area contributed by atoms with E-state index < -0.39 is 35.6 Å². The van der Waals surface area contributed by atoms with Gasteiger partial charge in [0.05, 0.1) is 5.56 Å². The molecule has 11 heteroatoms. The van der Waals surface area contributed by atoms with Crippen LogP contribution in [0.3, 0.4) is 0 Å². The summed E-state index contributed by atoms with van der Waals surface area (Å²) in [5.41, 5.74) is 1.08. The van der Waals surface area contributed by atoms with E-state index >= 15 is 0 Å². The normalized spacial score (nSPS) is 12.2. The van der Waals surface area contributed by atoms with Crippen molar-refractivity contribution in [3.05, 3.63) is 143 Å². The zero-order valence-electron chi connectivity index (χ0n) is 23.8. The summed E-state index contributed by atoms with van der Waals surface area (Å²) in [5, 5.41) is 14.6. The van der Waals surface area contributed by atoms with E-state index in [1.165, 1.54) is 17.8 Å². The molecule has 0 saturated heterocycles. The highest BCUT2D eigenvalue weighted by molar-refractivity contribution is 7.98. The minimum atomic E-state index is -4.58. The van der Waals surface area contributed by atoms with Crippen LogP contribution in [0.4, 0.5) is 13.2 Å². The van der Waals surface area contributed by atoms with Crippen molar-refractivity contribution in [2.45, 2.75) is 24.6 Å². The molecule has 2 amide bonds. The van der Waals surface area contributed by atoms with E-state index in [0.717, 1.165) is 35.4 Å². The molecule has 4 rings (SSSR count). The van der Waals surface area contributed by atoms with E-state index in [4.69, 9.17) is 4.74 Å². The molecule has 0 aromatic heterocycles. The number of amides is 2. The van der Waals surface area contributed by atoms with Gasteiger partial charge in [0.1, 0.15) is 24.1 Å². The van der Waals surface area contributed by atoms with Crippen LogP contribution in [0.15, 0.2) is 115 Å². The Kier molecular flexibility index (Phi) is 11.4. The molecule has 0 aliphatic rings. The number of thioether (sulfide) groups is 1. The third kappa shape index (κ3) is 10.3. The molecule has 0 fully saturated rings. The molecule has 0 unspecified atom stereocenters. The van der Waals surface area contributed by atoms with E-state index in [1.807, 2.05) is 60.7 Å². The van der Waals surface area contributed by atoms with Gasteiger partial charge in [0.25, 0.3) is 11.8 Å². The number of benzene rings is 4. The predicted octanol–water partition coefficient (Wildman–Crippen LogP) is 6.56. The number of rotatable bonds is 13. The summed E-state index contributed by atoms with van der Waals surface area (Å²) in [7, 11) is 0. The molecular formula is C34H29F3N2O5S. The molecule has 0 bridgehead atoms. The summed E-state index contributed by atoms with van der Waals surface area (Å²) < 4.78 is 44.8. The molecule has 7 nitrogen and oxygen atoms in total. The van der Waals surface area contributed by atoms with Gasteiger partial charge < -0.3 is 20.5 Å². The van der Waals surface area contributed by atoms with Gasteiger partial charge in [-0.3, -0.25) is 9.59 Å². The van der Waals surface area contributed by atoms with Crippen LogP contribution in [-0.4, -0.2) is 34.7 Å². The topological polar surface area (TPSA) is 105 Å². The first-order chi connectivity index (χ1) is 21.6. The molecule has 0 spiro atoms. The van der Waals surface area contributed by atoms with Crippen LogP contribution < -0.4 is 15.4 Å². The second-order valence-corrected chi connectivity index (χ2v) is 10.8. The van der Waals surface area contributed by atoms with Gasteiger partial charge in [0.2, 0.25) is 0 Å². The molecular weight excluding hydrogens is 605 g/mol. The molecule has 0 heterocycles. The van der Waals surface area contributed by atoms with Crippen LogP contribution in [0.25, 0.3) is 6.08 Å². The Morgan fingerprint density at radius 3 is 2.00 bits per heavy atom. The Balaban J connectivity index is 1.50. The van der Waals surface area contributed by atoms with E-state index in [0.29, 0.717) is 23.7 Å². The number of hydrogen-bond acceptors (Lipinski definition) is 5. The Morgan fingerprint density at radius 2 is 1.42 bits per heavy atom. The standard InChI is InChI=1S/C34H29F3N2O5S/c35-34(36,37)27-15-13-26(14-16-27)31(40)38-29(19-23-11-17-28(18-12-23)44-20-24-7-3-1-4-8-24)32(41)39-30(33(42)43)22-45-21-25-9-5-2-6-10-25/h1-19,30H,20-22H2,(H,38,40)(H,39,41)(H,42,43)/b29-19+/t30-/m0/s1. The number of carbonyl (C=O) groups is 3. The molecule has 0 aliphatic heterocycles. The number of halogens is 3. The fourth-order valence-electron chi connectivity index (χ4n) is 4.01. The maximum atomic E-state index is 13.3. The van der Waals surface area contributed by atoms with Crippen molar-refractivity contribution in [1.82, 2.24) is 10.6 Å². The van der Waals surface area contributed by atoms with Crippen molar-refractivity contribution in [3.63, 3.8) is 0 Å². The molecule has 232 valence electrons. The number of carbonyl (C=O) groups excluding carboxylic acids is 2. The van der Waals surface area contributed by atoms with Gasteiger partial charge in [0, 0.05) is 17.1 Å². The van der Waals surface area contributed by atoms with Gasteiger partial charge >= 0.3 is 12.1 Å². The molecule has 0 radical (unpaired) electrons. The summed E-state index contributed by atoms with van der Waals surface area (Å²) in [5.74, 6) is -1.88. The smallest absolute Gasteiger partial charge is 0.416 e. The van der Waals surface area contributed by atoms with Gasteiger partial charge in [0.15, 0.2) is 0 Å². The molecule has 4 aromatic rings. The lowest BCUT2D eigenvalue weighted by atomic mass is 10.1. The summed E-state index contributed by atoms with van der Waals surface area (Å²) >= 11 is 1.31. The number of ether oxygens (including phenoxy) is 1. The summed E-state index contributed by atoms with van der Waals surface area (Å²) in [4.78, 5) is 38.3. The first-order valence-corrected chi connectivity index (χ1v) is 14.9. The predicted molar refractivity (Wildman–Crippen MR) is 166 cm³/mol. The monoisotopic (exact) mass is 634 g/mol. The van der Waals surface area contributed by atoms with Crippen molar-refractivity contribution in [3.8, 4) is 5.75 Å². The average molecular weight is 635 g/mol.